The molecule has 1 heterocycles. The van der Waals surface area contributed by atoms with Gasteiger partial charge in [0.2, 0.25) is 0 Å². The molecule has 0 radical (unpaired) electrons. The van der Waals surface area contributed by atoms with Crippen LogP contribution < -0.4 is 0 Å². The molecule has 1 fully saturated rings. The Balaban J connectivity index is 2.25. The summed E-state index contributed by atoms with van der Waals surface area (Å²) >= 11 is 0. The van der Waals surface area contributed by atoms with E-state index < -0.39 is 48.2 Å². The van der Waals surface area contributed by atoms with Crippen molar-refractivity contribution in [1.82, 2.24) is 0 Å². The van der Waals surface area contributed by atoms with Gasteiger partial charge in [-0.15, -0.1) is 0 Å². The van der Waals surface area contributed by atoms with E-state index in [0.717, 1.165) is 24.8 Å². The predicted octanol–water partition coefficient (Wildman–Crippen LogP) is 3.44. The maximum atomic E-state index is 12.2. The molecule has 30 heavy (non-hydrogen) atoms. The molecule has 0 aromatic carbocycles. The zero-order valence-corrected chi connectivity index (χ0v) is 19.1. The molecule has 0 saturated carbocycles. The Labute approximate surface area is 179 Å². The van der Waals surface area contributed by atoms with Crippen LogP contribution in [0, 0.1) is 5.92 Å². The molecular weight excluding hydrogens is 388 g/mol. The van der Waals surface area contributed by atoms with E-state index in [-0.39, 0.29) is 5.92 Å². The quantitative estimate of drug-likeness (QED) is 0.397. The van der Waals surface area contributed by atoms with Crippen molar-refractivity contribution in [3.63, 3.8) is 0 Å². The number of aliphatic hydroxyl groups excluding tert-OH is 1. The average Bonchev–Trinajstić information content (AvgIpc) is 2.61. The number of esters is 2. The van der Waals surface area contributed by atoms with Crippen LogP contribution >= 0.6 is 0 Å². The van der Waals surface area contributed by atoms with E-state index in [1.54, 1.807) is 20.8 Å². The molecule has 1 saturated heterocycles. The summed E-state index contributed by atoms with van der Waals surface area (Å²) in [5.41, 5.74) is 1.56. The van der Waals surface area contributed by atoms with Crippen LogP contribution in [0.15, 0.2) is 23.3 Å². The topological polar surface area (TPSA) is 91.3 Å². The lowest BCUT2D eigenvalue weighted by molar-refractivity contribution is -0.325. The normalized spacial score (nSPS) is 32.1. The van der Waals surface area contributed by atoms with Crippen LogP contribution in [0.5, 0.6) is 0 Å². The SMILES string of the molecule is CC(=O)OC1C(OC(C)(C)C2CC=C(C)CC2)OC(C)C(O)C1OC(=O)C=C(C)C. The van der Waals surface area contributed by atoms with Crippen molar-refractivity contribution in [1.29, 1.82) is 0 Å². The molecule has 0 bridgehead atoms. The molecule has 1 aliphatic heterocycles. The molecule has 1 aliphatic carbocycles. The monoisotopic (exact) mass is 424 g/mol. The second-order valence-electron chi connectivity index (χ2n) is 9.14. The molecule has 6 atom stereocenters. The summed E-state index contributed by atoms with van der Waals surface area (Å²) in [6.07, 6.45) is 1.45. The van der Waals surface area contributed by atoms with E-state index >= 15 is 0 Å². The van der Waals surface area contributed by atoms with Crippen LogP contribution in [-0.2, 0) is 28.5 Å². The Hall–Kier alpha value is -1.70. The highest BCUT2D eigenvalue weighted by atomic mass is 16.7. The van der Waals surface area contributed by atoms with E-state index in [1.807, 2.05) is 13.8 Å². The van der Waals surface area contributed by atoms with Gasteiger partial charge in [-0.25, -0.2) is 4.79 Å². The minimum atomic E-state index is -1.16. The summed E-state index contributed by atoms with van der Waals surface area (Å²) < 4.78 is 23.1. The van der Waals surface area contributed by atoms with Crippen LogP contribution in [0.25, 0.3) is 0 Å². The van der Waals surface area contributed by atoms with Gasteiger partial charge in [-0.3, -0.25) is 4.79 Å². The third kappa shape index (κ3) is 6.40. The van der Waals surface area contributed by atoms with E-state index in [0.29, 0.717) is 0 Å². The molecule has 0 amide bonds. The van der Waals surface area contributed by atoms with Crippen molar-refractivity contribution in [2.75, 3.05) is 0 Å². The molecule has 6 unspecified atom stereocenters. The highest BCUT2D eigenvalue weighted by Gasteiger charge is 2.50. The van der Waals surface area contributed by atoms with Gasteiger partial charge in [-0.1, -0.05) is 17.2 Å². The molecule has 2 aliphatic rings. The number of allylic oxidation sites excluding steroid dienone is 3. The third-order valence-corrected chi connectivity index (χ3v) is 5.76. The average molecular weight is 425 g/mol. The first kappa shape index (κ1) is 24.6. The predicted molar refractivity (Wildman–Crippen MR) is 111 cm³/mol. The summed E-state index contributed by atoms with van der Waals surface area (Å²) in [6.45, 7) is 12.6. The molecule has 7 nitrogen and oxygen atoms in total. The minimum absolute atomic E-state index is 0.261. The third-order valence-electron chi connectivity index (χ3n) is 5.76. The fourth-order valence-corrected chi connectivity index (χ4v) is 3.93. The molecular formula is C23H36O7. The van der Waals surface area contributed by atoms with Crippen molar-refractivity contribution in [2.45, 2.75) is 104 Å². The van der Waals surface area contributed by atoms with Gasteiger partial charge in [0.15, 0.2) is 18.5 Å². The van der Waals surface area contributed by atoms with E-state index in [4.69, 9.17) is 18.9 Å². The Morgan fingerprint density at radius 1 is 1.20 bits per heavy atom. The van der Waals surface area contributed by atoms with Gasteiger partial charge >= 0.3 is 11.9 Å². The van der Waals surface area contributed by atoms with Crippen LogP contribution in [0.4, 0.5) is 0 Å². The first-order valence-electron chi connectivity index (χ1n) is 10.6. The van der Waals surface area contributed by atoms with Gasteiger partial charge in [0.25, 0.3) is 0 Å². The number of hydrogen-bond donors (Lipinski definition) is 1. The summed E-state index contributed by atoms with van der Waals surface area (Å²) in [6, 6.07) is 0. The van der Waals surface area contributed by atoms with Gasteiger partial charge < -0.3 is 24.1 Å². The van der Waals surface area contributed by atoms with E-state index in [2.05, 4.69) is 13.0 Å². The van der Waals surface area contributed by atoms with Crippen LogP contribution in [-0.4, -0.2) is 53.4 Å². The fourth-order valence-electron chi connectivity index (χ4n) is 3.93. The summed E-state index contributed by atoms with van der Waals surface area (Å²) in [5.74, 6) is -0.927. The molecule has 0 spiro atoms. The number of ether oxygens (including phenoxy) is 4. The highest BCUT2D eigenvalue weighted by molar-refractivity contribution is 5.82. The fraction of sp³-hybridized carbons (Fsp3) is 0.739. The lowest BCUT2D eigenvalue weighted by Crippen LogP contribution is -2.61. The van der Waals surface area contributed by atoms with Gasteiger partial charge in [0.05, 0.1) is 11.7 Å². The van der Waals surface area contributed by atoms with Crippen LogP contribution in [0.3, 0.4) is 0 Å². The van der Waals surface area contributed by atoms with Crippen molar-refractivity contribution >= 4 is 11.9 Å². The standard InChI is InChI=1S/C23H36O7/c1-13(2)12-18(25)29-20-19(26)15(4)27-22(21(20)28-16(5)24)30-23(6,7)17-10-8-14(3)9-11-17/h8,12,15,17,19-22,26H,9-11H2,1-7H3. The zero-order chi connectivity index (χ0) is 22.6. The summed E-state index contributed by atoms with van der Waals surface area (Å²) in [4.78, 5) is 24.0. The van der Waals surface area contributed by atoms with Crippen molar-refractivity contribution < 1.29 is 33.6 Å². The van der Waals surface area contributed by atoms with Crippen molar-refractivity contribution in [3.8, 4) is 0 Å². The number of aliphatic hydroxyl groups is 1. The Morgan fingerprint density at radius 2 is 1.87 bits per heavy atom. The summed E-state index contributed by atoms with van der Waals surface area (Å²) in [5, 5.41) is 10.6. The Kier molecular flexibility index (Phi) is 8.25. The second kappa shape index (κ2) is 10.1. The smallest absolute Gasteiger partial charge is 0.331 e. The number of rotatable bonds is 6. The minimum Gasteiger partial charge on any atom is -0.453 e. The van der Waals surface area contributed by atoms with Crippen molar-refractivity contribution in [2.24, 2.45) is 5.92 Å². The van der Waals surface area contributed by atoms with Crippen LogP contribution in [0.2, 0.25) is 0 Å². The van der Waals surface area contributed by atoms with Crippen LogP contribution in [0.1, 0.15) is 67.7 Å². The molecule has 1 N–H and O–H groups in total. The molecule has 2 rings (SSSR count). The first-order chi connectivity index (χ1) is 13.9. The highest BCUT2D eigenvalue weighted by Crippen LogP contribution is 2.37. The number of carbonyl (C=O) groups is 2. The van der Waals surface area contributed by atoms with E-state index in [1.165, 1.54) is 18.6 Å². The van der Waals surface area contributed by atoms with Gasteiger partial charge in [-0.2, -0.15) is 0 Å². The summed E-state index contributed by atoms with van der Waals surface area (Å²) in [7, 11) is 0. The largest absolute Gasteiger partial charge is 0.453 e. The zero-order valence-electron chi connectivity index (χ0n) is 19.1. The lowest BCUT2D eigenvalue weighted by Gasteiger charge is -2.46. The maximum absolute atomic E-state index is 12.2. The maximum Gasteiger partial charge on any atom is 0.331 e. The number of hydrogen-bond acceptors (Lipinski definition) is 7. The van der Waals surface area contributed by atoms with E-state index in [9.17, 15) is 14.7 Å². The molecule has 7 heteroatoms. The number of carbonyl (C=O) groups excluding carboxylic acids is 2. The first-order valence-corrected chi connectivity index (χ1v) is 10.6. The second-order valence-corrected chi connectivity index (χ2v) is 9.14. The molecule has 0 aromatic heterocycles. The lowest BCUT2D eigenvalue weighted by atomic mass is 9.79. The molecule has 0 aromatic rings. The molecule has 170 valence electrons. The van der Waals surface area contributed by atoms with Gasteiger partial charge in [0.1, 0.15) is 6.10 Å². The Bertz CT molecular complexity index is 690. The Morgan fingerprint density at radius 3 is 2.40 bits per heavy atom. The van der Waals surface area contributed by atoms with Gasteiger partial charge in [0, 0.05) is 13.0 Å². The van der Waals surface area contributed by atoms with Crippen molar-refractivity contribution in [3.05, 3.63) is 23.3 Å². The van der Waals surface area contributed by atoms with Gasteiger partial charge in [-0.05, 0) is 66.7 Å².